The molecule has 8 heteroatoms. The number of anilines is 1. The maximum atomic E-state index is 13.6. The molecule has 1 atom stereocenters. The molecule has 2 aromatic carbocycles. The minimum absolute atomic E-state index is 0.0169. The second-order valence-corrected chi connectivity index (χ2v) is 10.6. The summed E-state index contributed by atoms with van der Waals surface area (Å²) in [6, 6.07) is 19.2. The average molecular weight is 557 g/mol. The number of benzene rings is 2. The predicted molar refractivity (Wildman–Crippen MR) is 143 cm³/mol. The molecule has 0 bridgehead atoms. The lowest BCUT2D eigenvalue weighted by Gasteiger charge is -2.29. The van der Waals surface area contributed by atoms with Gasteiger partial charge in [-0.3, -0.25) is 4.79 Å². The van der Waals surface area contributed by atoms with Gasteiger partial charge in [-0.2, -0.15) is 0 Å². The summed E-state index contributed by atoms with van der Waals surface area (Å²) in [6.45, 7) is 4.11. The quantitative estimate of drug-likeness (QED) is 0.349. The number of halogens is 1. The van der Waals surface area contributed by atoms with Gasteiger partial charge in [0.15, 0.2) is 0 Å². The Bertz CT molecular complexity index is 1130. The lowest BCUT2D eigenvalue weighted by atomic mass is 10.2. The van der Waals surface area contributed by atoms with Crippen LogP contribution in [0.1, 0.15) is 28.8 Å². The number of amides is 3. The molecule has 1 N–H and O–H groups in total. The van der Waals surface area contributed by atoms with Crippen LogP contribution in [0.5, 0.6) is 0 Å². The van der Waals surface area contributed by atoms with Crippen molar-refractivity contribution in [1.82, 2.24) is 9.80 Å². The minimum Gasteiger partial charge on any atom is -0.376 e. The van der Waals surface area contributed by atoms with E-state index in [1.54, 1.807) is 16.2 Å². The summed E-state index contributed by atoms with van der Waals surface area (Å²) in [7, 11) is 0. The molecule has 1 aliphatic rings. The predicted octanol–water partition coefficient (Wildman–Crippen LogP) is 6.06. The number of hydrogen-bond acceptors (Lipinski definition) is 4. The molecular weight excluding hydrogens is 526 g/mol. The standard InChI is InChI=1S/C27H30BrN3O3S/c1-20-12-14-35-25(20)18-30(16-21-7-3-2-4-8-21)26(32)19-31(17-24-11-6-13-34-24)27(33)29-23-10-5-9-22(28)15-23/h2-5,7-10,12,14-15,24H,6,11,13,16-19H2,1H3,(H,29,33). The number of hydrogen-bond donors (Lipinski definition) is 1. The van der Waals surface area contributed by atoms with Gasteiger partial charge in [-0.15, -0.1) is 11.3 Å². The second-order valence-electron chi connectivity index (χ2n) is 8.72. The number of carbonyl (C=O) groups is 2. The summed E-state index contributed by atoms with van der Waals surface area (Å²) in [5, 5.41) is 4.98. The molecule has 3 aromatic rings. The van der Waals surface area contributed by atoms with Gasteiger partial charge in [0.05, 0.1) is 12.6 Å². The maximum absolute atomic E-state index is 13.6. The molecule has 6 nitrogen and oxygen atoms in total. The molecule has 1 aliphatic heterocycles. The molecule has 0 aliphatic carbocycles. The zero-order valence-corrected chi connectivity index (χ0v) is 22.2. The van der Waals surface area contributed by atoms with Crippen LogP contribution >= 0.6 is 27.3 Å². The highest BCUT2D eigenvalue weighted by molar-refractivity contribution is 9.10. The minimum atomic E-state index is -0.307. The molecule has 0 radical (unpaired) electrons. The first-order valence-corrected chi connectivity index (χ1v) is 13.4. The number of ether oxygens (including phenoxy) is 1. The van der Waals surface area contributed by atoms with E-state index in [0.717, 1.165) is 27.8 Å². The number of rotatable bonds is 9. The van der Waals surface area contributed by atoms with E-state index < -0.39 is 0 Å². The molecule has 0 saturated carbocycles. The molecule has 1 aromatic heterocycles. The Balaban J connectivity index is 1.52. The van der Waals surface area contributed by atoms with Crippen molar-refractivity contribution >= 4 is 44.9 Å². The van der Waals surface area contributed by atoms with Crippen LogP contribution in [0.4, 0.5) is 10.5 Å². The summed E-state index contributed by atoms with van der Waals surface area (Å²) < 4.78 is 6.66. The Kier molecular flexibility index (Phi) is 8.95. The van der Waals surface area contributed by atoms with E-state index >= 15 is 0 Å². The molecule has 1 fully saturated rings. The van der Waals surface area contributed by atoms with Crippen molar-refractivity contribution in [2.45, 2.75) is 39.0 Å². The van der Waals surface area contributed by atoms with Crippen molar-refractivity contribution in [3.63, 3.8) is 0 Å². The molecule has 1 saturated heterocycles. The van der Waals surface area contributed by atoms with Gasteiger partial charge in [-0.1, -0.05) is 52.3 Å². The molecule has 3 amide bonds. The SMILES string of the molecule is Cc1ccsc1CN(Cc1ccccc1)C(=O)CN(CC1CCCO1)C(=O)Nc1cccc(Br)c1. The Morgan fingerprint density at radius 3 is 2.60 bits per heavy atom. The number of aryl methyl sites for hydroxylation is 1. The Morgan fingerprint density at radius 2 is 1.91 bits per heavy atom. The Labute approximate surface area is 219 Å². The van der Waals surface area contributed by atoms with Crippen LogP contribution in [0.25, 0.3) is 0 Å². The van der Waals surface area contributed by atoms with Crippen LogP contribution in [-0.4, -0.2) is 47.5 Å². The summed E-state index contributed by atoms with van der Waals surface area (Å²) in [5.74, 6) is -0.0935. The smallest absolute Gasteiger partial charge is 0.322 e. The topological polar surface area (TPSA) is 61.9 Å². The van der Waals surface area contributed by atoms with Crippen molar-refractivity contribution in [1.29, 1.82) is 0 Å². The number of carbonyl (C=O) groups excluding carboxylic acids is 2. The Morgan fingerprint density at radius 1 is 1.09 bits per heavy atom. The fraction of sp³-hybridized carbons (Fsp3) is 0.333. The van der Waals surface area contributed by atoms with Crippen molar-refractivity contribution < 1.29 is 14.3 Å². The van der Waals surface area contributed by atoms with Gasteiger partial charge >= 0.3 is 6.03 Å². The summed E-state index contributed by atoms with van der Waals surface area (Å²) in [4.78, 5) is 31.5. The molecular formula is C27H30BrN3O3S. The van der Waals surface area contributed by atoms with E-state index in [0.29, 0.717) is 31.9 Å². The first-order valence-electron chi connectivity index (χ1n) is 11.8. The van der Waals surface area contributed by atoms with Gasteiger partial charge in [0.2, 0.25) is 5.91 Å². The van der Waals surface area contributed by atoms with E-state index in [9.17, 15) is 9.59 Å². The molecule has 184 valence electrons. The molecule has 1 unspecified atom stereocenters. The van der Waals surface area contributed by atoms with E-state index in [-0.39, 0.29) is 24.6 Å². The zero-order chi connectivity index (χ0) is 24.6. The van der Waals surface area contributed by atoms with Gasteiger partial charge in [-0.05, 0) is 60.5 Å². The van der Waals surface area contributed by atoms with Crippen molar-refractivity contribution in [2.75, 3.05) is 25.0 Å². The third-order valence-electron chi connectivity index (χ3n) is 6.01. The van der Waals surface area contributed by atoms with Gasteiger partial charge in [-0.25, -0.2) is 4.79 Å². The third-order valence-corrected chi connectivity index (χ3v) is 7.51. The lowest BCUT2D eigenvalue weighted by Crippen LogP contribution is -2.46. The first-order chi connectivity index (χ1) is 17.0. The zero-order valence-electron chi connectivity index (χ0n) is 19.8. The number of nitrogens with zero attached hydrogens (tertiary/aromatic N) is 2. The molecule has 2 heterocycles. The molecule has 0 spiro atoms. The highest BCUT2D eigenvalue weighted by Gasteiger charge is 2.27. The summed E-state index contributed by atoms with van der Waals surface area (Å²) in [5.41, 5.74) is 2.90. The van der Waals surface area contributed by atoms with E-state index in [2.05, 4.69) is 34.2 Å². The van der Waals surface area contributed by atoms with Crippen LogP contribution in [0.15, 0.2) is 70.5 Å². The molecule has 35 heavy (non-hydrogen) atoms. The number of nitrogens with one attached hydrogen (secondary N) is 1. The van der Waals surface area contributed by atoms with Gasteiger partial charge in [0, 0.05) is 34.7 Å². The molecule has 4 rings (SSSR count). The van der Waals surface area contributed by atoms with Crippen LogP contribution < -0.4 is 5.32 Å². The van der Waals surface area contributed by atoms with E-state index in [1.165, 1.54) is 5.56 Å². The van der Waals surface area contributed by atoms with Gasteiger partial charge in [0.25, 0.3) is 0 Å². The highest BCUT2D eigenvalue weighted by atomic mass is 79.9. The normalized spacial score (nSPS) is 15.1. The van der Waals surface area contributed by atoms with E-state index in [1.807, 2.05) is 64.9 Å². The highest BCUT2D eigenvalue weighted by Crippen LogP contribution is 2.21. The third kappa shape index (κ3) is 7.40. The van der Waals surface area contributed by atoms with Gasteiger partial charge in [0.1, 0.15) is 6.54 Å². The first kappa shape index (κ1) is 25.4. The van der Waals surface area contributed by atoms with Gasteiger partial charge < -0.3 is 19.9 Å². The van der Waals surface area contributed by atoms with Crippen molar-refractivity contribution in [2.24, 2.45) is 0 Å². The lowest BCUT2D eigenvalue weighted by molar-refractivity contribution is -0.133. The average Bonchev–Trinajstić information content (AvgIpc) is 3.50. The summed E-state index contributed by atoms with van der Waals surface area (Å²) >= 11 is 5.09. The monoisotopic (exact) mass is 555 g/mol. The fourth-order valence-electron chi connectivity index (χ4n) is 4.06. The van der Waals surface area contributed by atoms with Crippen molar-refractivity contribution in [3.8, 4) is 0 Å². The van der Waals surface area contributed by atoms with Crippen LogP contribution in [0, 0.1) is 6.92 Å². The Hall–Kier alpha value is -2.68. The largest absolute Gasteiger partial charge is 0.376 e. The van der Waals surface area contributed by atoms with Crippen molar-refractivity contribution in [3.05, 3.63) is 86.5 Å². The second kappa shape index (κ2) is 12.3. The van der Waals surface area contributed by atoms with Crippen LogP contribution in [0.2, 0.25) is 0 Å². The van der Waals surface area contributed by atoms with E-state index in [4.69, 9.17) is 4.74 Å². The van der Waals surface area contributed by atoms with Crippen LogP contribution in [-0.2, 0) is 22.6 Å². The number of thiophene rings is 1. The maximum Gasteiger partial charge on any atom is 0.322 e. The fourth-order valence-corrected chi connectivity index (χ4v) is 5.38. The number of urea groups is 1. The van der Waals surface area contributed by atoms with Crippen LogP contribution in [0.3, 0.4) is 0 Å². The summed E-state index contributed by atoms with van der Waals surface area (Å²) in [6.07, 6.45) is 1.80.